The van der Waals surface area contributed by atoms with E-state index < -0.39 is 35.4 Å². The molecule has 2 N–H and O–H groups in total. The monoisotopic (exact) mass is 754 g/mol. The second-order valence-corrected chi connectivity index (χ2v) is 14.0. The maximum absolute atomic E-state index is 13.5. The number of hydrogen-bond donors (Lipinski definition) is 2. The van der Waals surface area contributed by atoms with Crippen LogP contribution in [0.1, 0.15) is 84.4 Å². The maximum Gasteiger partial charge on any atom is 0.266 e. The lowest BCUT2D eigenvalue weighted by Crippen LogP contribution is -2.29. The minimum Gasteiger partial charge on any atom is -0.457 e. The van der Waals surface area contributed by atoms with Gasteiger partial charge in [0.2, 0.25) is 0 Å². The van der Waals surface area contributed by atoms with Crippen LogP contribution in [0.3, 0.4) is 0 Å². The minimum absolute atomic E-state index is 0.130. The molecular weight excluding hydrogens is 721 g/mol. The van der Waals surface area contributed by atoms with Crippen molar-refractivity contribution in [2.75, 3.05) is 20.4 Å². The number of ether oxygens (including phenoxy) is 1. The van der Waals surface area contributed by atoms with E-state index in [1.807, 2.05) is 64.1 Å². The third kappa shape index (κ3) is 6.71. The largest absolute Gasteiger partial charge is 0.457 e. The zero-order chi connectivity index (χ0) is 40.1. The Balaban J connectivity index is 0.920. The first-order chi connectivity index (χ1) is 27.4. The summed E-state index contributed by atoms with van der Waals surface area (Å²) in [6, 6.07) is 33.0. The number of benzene rings is 6. The molecule has 0 atom stereocenters. The van der Waals surface area contributed by atoms with Crippen LogP contribution in [0.5, 0.6) is 11.5 Å². The van der Waals surface area contributed by atoms with Gasteiger partial charge in [0.25, 0.3) is 35.4 Å². The van der Waals surface area contributed by atoms with Gasteiger partial charge in [0.15, 0.2) is 0 Å². The molecule has 0 saturated carbocycles. The second-order valence-electron chi connectivity index (χ2n) is 14.0. The van der Waals surface area contributed by atoms with Crippen molar-refractivity contribution in [1.82, 2.24) is 0 Å². The molecule has 6 aromatic carbocycles. The van der Waals surface area contributed by atoms with E-state index in [0.717, 1.165) is 32.1 Å². The molecule has 8 rings (SSSR count). The molecule has 0 aliphatic carbocycles. The van der Waals surface area contributed by atoms with Crippen molar-refractivity contribution < 1.29 is 33.5 Å². The van der Waals surface area contributed by atoms with Crippen molar-refractivity contribution in [3.05, 3.63) is 177 Å². The van der Waals surface area contributed by atoms with Crippen LogP contribution in [0.4, 0.5) is 22.7 Å². The van der Waals surface area contributed by atoms with E-state index in [-0.39, 0.29) is 33.4 Å². The Labute approximate surface area is 327 Å². The quantitative estimate of drug-likeness (QED) is 0.148. The van der Waals surface area contributed by atoms with Gasteiger partial charge in [0.05, 0.1) is 33.6 Å². The summed E-state index contributed by atoms with van der Waals surface area (Å²) in [5, 5.41) is 5.74. The lowest BCUT2D eigenvalue weighted by molar-refractivity contribution is 0.0910. The van der Waals surface area contributed by atoms with Gasteiger partial charge in [-0.2, -0.15) is 0 Å². The maximum atomic E-state index is 13.5. The summed E-state index contributed by atoms with van der Waals surface area (Å²) < 4.78 is 5.99. The third-order valence-corrected chi connectivity index (χ3v) is 9.98. The van der Waals surface area contributed by atoms with E-state index in [0.29, 0.717) is 34.2 Å². The molecular formula is C46H34N4O7. The Hall–Kier alpha value is -7.66. The molecule has 57 heavy (non-hydrogen) atoms. The molecule has 6 aromatic rings. The molecule has 280 valence electrons. The number of carbonyl (C=O) groups excluding carboxylic acids is 6. The summed E-state index contributed by atoms with van der Waals surface area (Å²) in [7, 11) is 0. The molecule has 0 radical (unpaired) electrons. The first-order valence-electron chi connectivity index (χ1n) is 18.1. The SMILES string of the molecule is Cc1ccc(NC(=O)c2ccc3c(c2)C(=O)N(c2ccc(Oc4ccc(N5C(=O)c6ccc(C(=O)Nc7ccc(C)cc7C)cc6C5=O)cc4)cc2)C3=O)c(C)c1. The molecule has 0 fully saturated rings. The Morgan fingerprint density at radius 2 is 0.807 bits per heavy atom. The van der Waals surface area contributed by atoms with E-state index in [2.05, 4.69) is 10.6 Å². The smallest absolute Gasteiger partial charge is 0.266 e. The highest BCUT2D eigenvalue weighted by atomic mass is 16.5. The van der Waals surface area contributed by atoms with E-state index >= 15 is 0 Å². The van der Waals surface area contributed by atoms with Gasteiger partial charge in [-0.05, 0) is 136 Å². The number of anilines is 4. The minimum atomic E-state index is -0.551. The molecule has 2 aliphatic rings. The second kappa shape index (κ2) is 14.2. The number of fused-ring (bicyclic) bond motifs is 2. The summed E-state index contributed by atoms with van der Waals surface area (Å²) in [5.74, 6) is -2.11. The highest BCUT2D eigenvalue weighted by molar-refractivity contribution is 6.35. The number of amides is 6. The van der Waals surface area contributed by atoms with E-state index in [1.165, 1.54) is 36.4 Å². The fourth-order valence-corrected chi connectivity index (χ4v) is 6.99. The number of carbonyl (C=O) groups is 6. The summed E-state index contributed by atoms with van der Waals surface area (Å²) in [5.41, 5.74) is 7.04. The normalized spacial score (nSPS) is 13.1. The zero-order valence-electron chi connectivity index (χ0n) is 31.3. The molecule has 2 aliphatic heterocycles. The predicted molar refractivity (Wildman–Crippen MR) is 216 cm³/mol. The van der Waals surface area contributed by atoms with Gasteiger partial charge in [0.1, 0.15) is 11.5 Å². The third-order valence-electron chi connectivity index (χ3n) is 9.98. The van der Waals surface area contributed by atoms with Crippen molar-refractivity contribution in [2.45, 2.75) is 27.7 Å². The number of nitrogens with one attached hydrogen (secondary N) is 2. The van der Waals surface area contributed by atoms with E-state index in [4.69, 9.17) is 4.74 Å². The van der Waals surface area contributed by atoms with E-state index in [9.17, 15) is 28.8 Å². The topological polar surface area (TPSA) is 142 Å². The van der Waals surface area contributed by atoms with Crippen LogP contribution in [0, 0.1) is 27.7 Å². The first-order valence-corrected chi connectivity index (χ1v) is 18.1. The fourth-order valence-electron chi connectivity index (χ4n) is 6.99. The van der Waals surface area contributed by atoms with Crippen molar-refractivity contribution in [1.29, 1.82) is 0 Å². The number of hydrogen-bond acceptors (Lipinski definition) is 7. The first kappa shape index (κ1) is 36.3. The highest BCUT2D eigenvalue weighted by Crippen LogP contribution is 2.34. The lowest BCUT2D eigenvalue weighted by Gasteiger charge is -2.16. The van der Waals surface area contributed by atoms with Crippen LogP contribution >= 0.6 is 0 Å². The molecule has 0 saturated heterocycles. The van der Waals surface area contributed by atoms with Crippen LogP contribution in [0.15, 0.2) is 121 Å². The van der Waals surface area contributed by atoms with Crippen LogP contribution in [-0.4, -0.2) is 35.4 Å². The van der Waals surface area contributed by atoms with Gasteiger partial charge in [0, 0.05) is 22.5 Å². The van der Waals surface area contributed by atoms with Gasteiger partial charge in [-0.1, -0.05) is 35.4 Å². The van der Waals surface area contributed by atoms with Gasteiger partial charge in [-0.3, -0.25) is 28.8 Å². The molecule has 2 heterocycles. The van der Waals surface area contributed by atoms with Crippen molar-refractivity contribution in [2.24, 2.45) is 0 Å². The van der Waals surface area contributed by atoms with Crippen molar-refractivity contribution in [3.63, 3.8) is 0 Å². The fraction of sp³-hybridized carbons (Fsp3) is 0.0870. The molecule has 0 aromatic heterocycles. The standard InChI is InChI=1S/C46H34N4O7/c1-25-5-19-39(27(3)21-25)47-41(51)29-7-17-35-37(23-29)45(55)49(43(35)53)31-9-13-33(14-10-31)57-34-15-11-32(12-16-34)50-44(54)36-18-8-30(24-38(36)46(50)56)42(52)48-40-20-6-26(2)22-28(40)4/h5-24H,1-4H3,(H,47,51)(H,48,52). The molecule has 11 heteroatoms. The number of nitrogens with zero attached hydrogens (tertiary/aromatic N) is 2. The summed E-state index contributed by atoms with van der Waals surface area (Å²) in [6.45, 7) is 7.72. The van der Waals surface area contributed by atoms with Gasteiger partial charge in [-0.25, -0.2) is 9.80 Å². The summed E-state index contributed by atoms with van der Waals surface area (Å²) >= 11 is 0. The zero-order valence-corrected chi connectivity index (χ0v) is 31.3. The van der Waals surface area contributed by atoms with Gasteiger partial charge in [-0.15, -0.1) is 0 Å². The Bertz CT molecular complexity index is 2530. The number of rotatable bonds is 8. The summed E-state index contributed by atoms with van der Waals surface area (Å²) in [6.07, 6.45) is 0. The van der Waals surface area contributed by atoms with Crippen LogP contribution in [0.25, 0.3) is 0 Å². The van der Waals surface area contributed by atoms with Crippen molar-refractivity contribution in [3.8, 4) is 11.5 Å². The molecule has 11 nitrogen and oxygen atoms in total. The molecule has 0 spiro atoms. The lowest BCUT2D eigenvalue weighted by atomic mass is 10.0. The van der Waals surface area contributed by atoms with Crippen LogP contribution in [-0.2, 0) is 0 Å². The average Bonchev–Trinajstić information content (AvgIpc) is 3.60. The summed E-state index contributed by atoms with van der Waals surface area (Å²) in [4.78, 5) is 81.8. The average molecular weight is 755 g/mol. The highest BCUT2D eigenvalue weighted by Gasteiger charge is 2.38. The van der Waals surface area contributed by atoms with Gasteiger partial charge < -0.3 is 15.4 Å². The van der Waals surface area contributed by atoms with Gasteiger partial charge >= 0.3 is 0 Å². The van der Waals surface area contributed by atoms with Crippen LogP contribution in [0.2, 0.25) is 0 Å². The number of aryl methyl sites for hydroxylation is 4. The number of imide groups is 2. The van der Waals surface area contributed by atoms with Crippen LogP contribution < -0.4 is 25.2 Å². The Morgan fingerprint density at radius 1 is 0.439 bits per heavy atom. The Kier molecular flexibility index (Phi) is 9.05. The van der Waals surface area contributed by atoms with Crippen molar-refractivity contribution >= 4 is 58.2 Å². The Morgan fingerprint density at radius 3 is 1.18 bits per heavy atom. The van der Waals surface area contributed by atoms with E-state index in [1.54, 1.807) is 48.5 Å². The molecule has 0 unspecified atom stereocenters. The molecule has 6 amide bonds. The predicted octanol–water partition coefficient (Wildman–Crippen LogP) is 8.82. The molecule has 0 bridgehead atoms.